The van der Waals surface area contributed by atoms with Gasteiger partial charge in [0, 0.05) is 16.1 Å². The lowest BCUT2D eigenvalue weighted by molar-refractivity contribution is -0.128. The third kappa shape index (κ3) is 5.80. The van der Waals surface area contributed by atoms with Crippen molar-refractivity contribution < 1.29 is 18.7 Å². The number of hydrogen-bond acceptors (Lipinski definition) is 8. The molecular formula is C25H28N6O4S. The van der Waals surface area contributed by atoms with E-state index in [-0.39, 0.29) is 24.2 Å². The van der Waals surface area contributed by atoms with E-state index in [2.05, 4.69) is 20.7 Å². The molecule has 0 aliphatic rings. The van der Waals surface area contributed by atoms with Gasteiger partial charge < -0.3 is 14.5 Å². The second-order valence-corrected chi connectivity index (χ2v) is 10.2. The average Bonchev–Trinajstić information content (AvgIpc) is 3.58. The van der Waals surface area contributed by atoms with E-state index in [0.717, 1.165) is 4.88 Å². The molecule has 2 amide bonds. The summed E-state index contributed by atoms with van der Waals surface area (Å²) in [4.78, 5) is 30.7. The zero-order chi connectivity index (χ0) is 25.9. The monoisotopic (exact) mass is 508 g/mol. The van der Waals surface area contributed by atoms with E-state index < -0.39 is 11.6 Å². The zero-order valence-corrected chi connectivity index (χ0v) is 21.6. The predicted molar refractivity (Wildman–Crippen MR) is 136 cm³/mol. The summed E-state index contributed by atoms with van der Waals surface area (Å²) in [5.74, 6) is 1.39. The number of thiophene rings is 1. The highest BCUT2D eigenvalue weighted by Gasteiger charge is 2.35. The van der Waals surface area contributed by atoms with Crippen molar-refractivity contribution >= 4 is 28.8 Å². The summed E-state index contributed by atoms with van der Waals surface area (Å²) in [6.07, 6.45) is 0. The Morgan fingerprint density at radius 1 is 1.17 bits per heavy atom. The van der Waals surface area contributed by atoms with Gasteiger partial charge in [-0.3, -0.25) is 14.5 Å². The summed E-state index contributed by atoms with van der Waals surface area (Å²) in [5.41, 5.74) is 0.0374. The molecule has 0 aliphatic heterocycles. The molecule has 0 fully saturated rings. The number of aromatic nitrogens is 4. The molecule has 3 heterocycles. The fourth-order valence-electron chi connectivity index (χ4n) is 3.60. The number of nitrogens with one attached hydrogen (secondary N) is 1. The molecule has 0 aliphatic carbocycles. The molecule has 1 aromatic carbocycles. The largest absolute Gasteiger partial charge is 0.497 e. The summed E-state index contributed by atoms with van der Waals surface area (Å²) in [6, 6.07) is 13.3. The van der Waals surface area contributed by atoms with Crippen molar-refractivity contribution in [2.75, 3.05) is 12.0 Å². The Hall–Kier alpha value is -3.99. The first-order valence-electron chi connectivity index (χ1n) is 11.3. The summed E-state index contributed by atoms with van der Waals surface area (Å²) < 4.78 is 10.8. The number of ether oxygens (including phenoxy) is 1. The Bertz CT molecular complexity index is 1320. The number of carbonyl (C=O) groups is 2. The highest BCUT2D eigenvalue weighted by Crippen LogP contribution is 2.32. The average molecular weight is 509 g/mol. The van der Waals surface area contributed by atoms with E-state index in [0.29, 0.717) is 23.0 Å². The van der Waals surface area contributed by atoms with Crippen LogP contribution in [0.25, 0.3) is 11.6 Å². The number of nitrogens with zero attached hydrogens (tertiary/aromatic N) is 5. The van der Waals surface area contributed by atoms with Crippen LogP contribution < -0.4 is 15.0 Å². The molecule has 188 valence electrons. The SMILES string of the molecule is COc1ccc(N(C(=O)Cn2nnc(-c3ccc(C)o3)n2)[C@@H](C(=O)NC(C)(C)C)c2cccs2)cc1. The maximum Gasteiger partial charge on any atom is 0.251 e. The van der Waals surface area contributed by atoms with Crippen LogP contribution >= 0.6 is 11.3 Å². The molecule has 3 aromatic heterocycles. The van der Waals surface area contributed by atoms with E-state index >= 15 is 0 Å². The fraction of sp³-hybridized carbons (Fsp3) is 0.320. The molecule has 10 nitrogen and oxygen atoms in total. The summed E-state index contributed by atoms with van der Waals surface area (Å²) in [7, 11) is 1.57. The molecule has 4 rings (SSSR count). The number of rotatable bonds is 8. The van der Waals surface area contributed by atoms with Crippen LogP contribution in [0.1, 0.15) is 37.5 Å². The number of carbonyl (C=O) groups excluding carboxylic acids is 2. The highest BCUT2D eigenvalue weighted by molar-refractivity contribution is 7.10. The molecule has 0 spiro atoms. The molecule has 0 saturated carbocycles. The minimum absolute atomic E-state index is 0.233. The molecule has 1 N–H and O–H groups in total. The van der Waals surface area contributed by atoms with Gasteiger partial charge in [-0.05, 0) is 80.8 Å². The van der Waals surface area contributed by atoms with Crippen molar-refractivity contribution in [3.63, 3.8) is 0 Å². The van der Waals surface area contributed by atoms with Crippen LogP contribution in [0.15, 0.2) is 58.3 Å². The van der Waals surface area contributed by atoms with Gasteiger partial charge in [0.05, 0.1) is 7.11 Å². The van der Waals surface area contributed by atoms with E-state index in [1.165, 1.54) is 21.0 Å². The normalized spacial score (nSPS) is 12.2. The fourth-order valence-corrected chi connectivity index (χ4v) is 4.41. The van der Waals surface area contributed by atoms with Crippen LogP contribution in [0.5, 0.6) is 5.75 Å². The van der Waals surface area contributed by atoms with E-state index in [9.17, 15) is 9.59 Å². The van der Waals surface area contributed by atoms with Gasteiger partial charge in [0.25, 0.3) is 5.91 Å². The first-order valence-corrected chi connectivity index (χ1v) is 12.2. The quantitative estimate of drug-likeness (QED) is 0.382. The first kappa shape index (κ1) is 25.1. The standard InChI is InChI=1S/C25H28N6O4S/c1-16-8-13-19(35-16)23-27-29-30(28-23)15-21(32)31(17-9-11-18(34-5)12-10-17)22(20-7-6-14-36-20)24(33)26-25(2,3)4/h6-14,22H,15H2,1-5H3,(H,26,33)/t22-/m1/s1. The third-order valence-corrected chi connectivity index (χ3v) is 6.05. The van der Waals surface area contributed by atoms with Gasteiger partial charge in [-0.15, -0.1) is 21.5 Å². The summed E-state index contributed by atoms with van der Waals surface area (Å²) >= 11 is 1.40. The zero-order valence-electron chi connectivity index (χ0n) is 20.8. The molecule has 0 unspecified atom stereocenters. The predicted octanol–water partition coefficient (Wildman–Crippen LogP) is 4.00. The van der Waals surface area contributed by atoms with Gasteiger partial charge in [0.2, 0.25) is 11.7 Å². The number of tetrazole rings is 1. The lowest BCUT2D eigenvalue weighted by Crippen LogP contribution is -2.50. The van der Waals surface area contributed by atoms with Crippen molar-refractivity contribution in [3.8, 4) is 17.3 Å². The van der Waals surface area contributed by atoms with Crippen molar-refractivity contribution in [1.29, 1.82) is 0 Å². The topological polar surface area (TPSA) is 115 Å². The van der Waals surface area contributed by atoms with E-state index in [4.69, 9.17) is 9.15 Å². The Labute approximate surface area is 212 Å². The lowest BCUT2D eigenvalue weighted by Gasteiger charge is -2.33. The second-order valence-electron chi connectivity index (χ2n) is 9.17. The third-order valence-electron chi connectivity index (χ3n) is 5.13. The Morgan fingerprint density at radius 2 is 1.92 bits per heavy atom. The number of aryl methyl sites for hydroxylation is 1. The van der Waals surface area contributed by atoms with Crippen molar-refractivity contribution in [2.45, 2.75) is 45.8 Å². The van der Waals surface area contributed by atoms with E-state index in [1.54, 1.807) is 43.5 Å². The molecule has 1 atom stereocenters. The highest BCUT2D eigenvalue weighted by atomic mass is 32.1. The number of hydrogen-bond donors (Lipinski definition) is 1. The van der Waals surface area contributed by atoms with Gasteiger partial charge >= 0.3 is 0 Å². The van der Waals surface area contributed by atoms with Gasteiger partial charge in [-0.25, -0.2) is 0 Å². The first-order chi connectivity index (χ1) is 17.1. The van der Waals surface area contributed by atoms with Crippen LogP contribution in [0.4, 0.5) is 5.69 Å². The Morgan fingerprint density at radius 3 is 2.50 bits per heavy atom. The minimum atomic E-state index is -0.902. The summed E-state index contributed by atoms with van der Waals surface area (Å²) in [6.45, 7) is 7.27. The molecule has 0 radical (unpaired) electrons. The van der Waals surface area contributed by atoms with Gasteiger partial charge in [0.1, 0.15) is 24.1 Å². The Kier molecular flexibility index (Phi) is 7.20. The van der Waals surface area contributed by atoms with Gasteiger partial charge in [-0.2, -0.15) is 4.80 Å². The Balaban J connectivity index is 1.71. The van der Waals surface area contributed by atoms with E-state index in [1.807, 2.05) is 45.2 Å². The number of methoxy groups -OCH3 is 1. The molecule has 36 heavy (non-hydrogen) atoms. The molecule has 11 heteroatoms. The molecule has 0 bridgehead atoms. The van der Waals surface area contributed by atoms with Crippen LogP contribution in [0.2, 0.25) is 0 Å². The van der Waals surface area contributed by atoms with Crippen LogP contribution in [-0.4, -0.2) is 44.7 Å². The minimum Gasteiger partial charge on any atom is -0.497 e. The van der Waals surface area contributed by atoms with Crippen molar-refractivity contribution in [1.82, 2.24) is 25.5 Å². The summed E-state index contributed by atoms with van der Waals surface area (Å²) in [5, 5.41) is 17.2. The number of furan rings is 1. The maximum atomic E-state index is 13.8. The van der Waals surface area contributed by atoms with Gasteiger partial charge in [-0.1, -0.05) is 6.07 Å². The van der Waals surface area contributed by atoms with Crippen LogP contribution in [-0.2, 0) is 16.1 Å². The molecule has 0 saturated heterocycles. The molecule has 4 aromatic rings. The van der Waals surface area contributed by atoms with Crippen LogP contribution in [0, 0.1) is 6.92 Å². The van der Waals surface area contributed by atoms with Crippen molar-refractivity contribution in [2.24, 2.45) is 0 Å². The van der Waals surface area contributed by atoms with Crippen LogP contribution in [0.3, 0.4) is 0 Å². The second kappa shape index (κ2) is 10.3. The number of anilines is 1. The lowest BCUT2D eigenvalue weighted by atomic mass is 10.1. The number of amides is 2. The van der Waals surface area contributed by atoms with Gasteiger partial charge in [0.15, 0.2) is 5.76 Å². The maximum absolute atomic E-state index is 13.8. The molecular weight excluding hydrogens is 480 g/mol. The van der Waals surface area contributed by atoms with Crippen molar-refractivity contribution in [3.05, 3.63) is 64.5 Å². The number of benzene rings is 1. The smallest absolute Gasteiger partial charge is 0.251 e.